The van der Waals surface area contributed by atoms with E-state index in [0.29, 0.717) is 0 Å². The lowest BCUT2D eigenvalue weighted by Gasteiger charge is -2.28. The summed E-state index contributed by atoms with van der Waals surface area (Å²) in [6, 6.07) is 74.5. The minimum absolute atomic E-state index is 0.863. The lowest BCUT2D eigenvalue weighted by Crippen LogP contribution is -2.12. The molecule has 0 aliphatic rings. The maximum absolute atomic E-state index is 6.97. The topological polar surface area (TPSA) is 21.3 Å². The van der Waals surface area contributed by atoms with Gasteiger partial charge in [-0.1, -0.05) is 152 Å². The summed E-state index contributed by atoms with van der Waals surface area (Å²) in [5.41, 5.74) is 10.6. The summed E-state index contributed by atoms with van der Waals surface area (Å²) in [5.74, 6) is 0. The maximum atomic E-state index is 6.97. The normalized spacial score (nSPS) is 11.9. The van der Waals surface area contributed by atoms with Gasteiger partial charge in [-0.25, -0.2) is 0 Å². The van der Waals surface area contributed by atoms with Crippen molar-refractivity contribution in [1.82, 2.24) is 4.57 Å². The molecule has 0 aliphatic heterocycles. The van der Waals surface area contributed by atoms with Crippen LogP contribution in [0, 0.1) is 0 Å². The van der Waals surface area contributed by atoms with E-state index in [1.54, 1.807) is 0 Å². The third kappa shape index (κ3) is 4.79. The summed E-state index contributed by atoms with van der Waals surface area (Å²) in [5, 5.41) is 11.9. The Balaban J connectivity index is 1.24. The van der Waals surface area contributed by atoms with Gasteiger partial charge in [0.2, 0.25) is 0 Å². The van der Waals surface area contributed by atoms with E-state index >= 15 is 0 Å². The van der Waals surface area contributed by atoms with Crippen molar-refractivity contribution in [1.29, 1.82) is 0 Å². The number of rotatable bonds is 5. The molecule has 2 aromatic heterocycles. The zero-order chi connectivity index (χ0) is 37.5. The molecule has 57 heavy (non-hydrogen) atoms. The van der Waals surface area contributed by atoms with E-state index in [0.717, 1.165) is 61.3 Å². The smallest absolute Gasteiger partial charge is 0.145 e. The van der Waals surface area contributed by atoms with Gasteiger partial charge in [0.1, 0.15) is 11.2 Å². The highest BCUT2D eigenvalue weighted by atomic mass is 16.3. The molecule has 0 spiro atoms. The van der Waals surface area contributed by atoms with Crippen molar-refractivity contribution in [2.75, 3.05) is 4.90 Å². The third-order valence-electron chi connectivity index (χ3n) is 11.7. The summed E-state index contributed by atoms with van der Waals surface area (Å²) in [4.78, 5) is 2.47. The highest BCUT2D eigenvalue weighted by Gasteiger charge is 2.26. The van der Waals surface area contributed by atoms with Crippen LogP contribution in [0.4, 0.5) is 17.1 Å². The first-order valence-electron chi connectivity index (χ1n) is 19.5. The summed E-state index contributed by atoms with van der Waals surface area (Å²) in [7, 11) is 0. The van der Waals surface area contributed by atoms with Crippen LogP contribution < -0.4 is 4.90 Å². The quantitative estimate of drug-likeness (QED) is 0.165. The van der Waals surface area contributed by atoms with Gasteiger partial charge in [0.25, 0.3) is 0 Å². The molecule has 0 atom stereocenters. The number of hydrogen-bond acceptors (Lipinski definition) is 2. The predicted molar refractivity (Wildman–Crippen MR) is 241 cm³/mol. The highest BCUT2D eigenvalue weighted by molar-refractivity contribution is 6.21. The second kappa shape index (κ2) is 12.5. The molecule has 3 heteroatoms. The molecule has 0 saturated heterocycles. The van der Waals surface area contributed by atoms with Crippen LogP contribution in [0.3, 0.4) is 0 Å². The van der Waals surface area contributed by atoms with Gasteiger partial charge >= 0.3 is 0 Å². The van der Waals surface area contributed by atoms with E-state index in [4.69, 9.17) is 4.42 Å². The van der Waals surface area contributed by atoms with E-state index < -0.39 is 0 Å². The van der Waals surface area contributed by atoms with Crippen LogP contribution in [0.5, 0.6) is 0 Å². The average molecular weight is 727 g/mol. The number of nitrogens with zero attached hydrogens (tertiary/aromatic N) is 2. The Hall–Kier alpha value is -7.62. The molecule has 12 aromatic rings. The van der Waals surface area contributed by atoms with E-state index in [1.807, 2.05) is 0 Å². The minimum Gasteiger partial charge on any atom is -0.455 e. The molecule has 3 nitrogen and oxygen atoms in total. The van der Waals surface area contributed by atoms with Crippen molar-refractivity contribution in [3.8, 4) is 16.8 Å². The Morgan fingerprint density at radius 2 is 1.02 bits per heavy atom. The molecular weight excluding hydrogens is 693 g/mol. The van der Waals surface area contributed by atoms with Gasteiger partial charge in [0, 0.05) is 33.1 Å². The second-order valence-corrected chi connectivity index (χ2v) is 14.9. The Kier molecular flexibility index (Phi) is 6.93. The molecule has 0 aliphatic carbocycles. The fourth-order valence-electron chi connectivity index (χ4n) is 9.23. The Morgan fingerprint density at radius 1 is 0.386 bits per heavy atom. The number of fused-ring (bicyclic) bond motifs is 10. The van der Waals surface area contributed by atoms with Gasteiger partial charge < -0.3 is 13.9 Å². The molecule has 0 radical (unpaired) electrons. The van der Waals surface area contributed by atoms with E-state index in [9.17, 15) is 0 Å². The van der Waals surface area contributed by atoms with E-state index in [-0.39, 0.29) is 0 Å². The van der Waals surface area contributed by atoms with Crippen molar-refractivity contribution in [3.05, 3.63) is 206 Å². The summed E-state index contributed by atoms with van der Waals surface area (Å²) in [6.45, 7) is 0. The molecule has 0 saturated carbocycles. The lowest BCUT2D eigenvalue weighted by molar-refractivity contribution is 0.670. The Bertz CT molecular complexity index is 3530. The minimum atomic E-state index is 0.863. The number of furan rings is 1. The van der Waals surface area contributed by atoms with Gasteiger partial charge in [0.15, 0.2) is 0 Å². The second-order valence-electron chi connectivity index (χ2n) is 14.9. The molecular formula is C54H34N2O. The number of para-hydroxylation sites is 4. The number of benzene rings is 10. The summed E-state index contributed by atoms with van der Waals surface area (Å²) in [6.07, 6.45) is 0. The number of hydrogen-bond donors (Lipinski definition) is 0. The van der Waals surface area contributed by atoms with Crippen LogP contribution in [0.25, 0.3) is 92.9 Å². The fourth-order valence-corrected chi connectivity index (χ4v) is 9.23. The average Bonchev–Trinajstić information content (AvgIpc) is 3.84. The molecule has 12 rings (SSSR count). The molecule has 0 amide bonds. The number of anilines is 3. The Morgan fingerprint density at radius 3 is 1.88 bits per heavy atom. The predicted octanol–water partition coefficient (Wildman–Crippen LogP) is 15.3. The molecule has 266 valence electrons. The summed E-state index contributed by atoms with van der Waals surface area (Å²) >= 11 is 0. The van der Waals surface area contributed by atoms with Crippen LogP contribution in [-0.4, -0.2) is 4.57 Å². The first-order chi connectivity index (χ1) is 28.3. The number of aromatic nitrogens is 1. The zero-order valence-electron chi connectivity index (χ0n) is 30.9. The van der Waals surface area contributed by atoms with E-state index in [2.05, 4.69) is 216 Å². The molecule has 0 unspecified atom stereocenters. The molecule has 0 bridgehead atoms. The van der Waals surface area contributed by atoms with Crippen LogP contribution in [0.2, 0.25) is 0 Å². The largest absolute Gasteiger partial charge is 0.455 e. The zero-order valence-corrected chi connectivity index (χ0v) is 30.9. The first kappa shape index (κ1) is 31.7. The first-order valence-corrected chi connectivity index (χ1v) is 19.5. The van der Waals surface area contributed by atoms with Crippen LogP contribution in [0.15, 0.2) is 211 Å². The lowest BCUT2D eigenvalue weighted by atomic mass is 9.95. The van der Waals surface area contributed by atoms with Crippen molar-refractivity contribution in [2.24, 2.45) is 0 Å². The highest BCUT2D eigenvalue weighted by Crippen LogP contribution is 2.50. The van der Waals surface area contributed by atoms with Crippen LogP contribution in [0.1, 0.15) is 0 Å². The third-order valence-corrected chi connectivity index (χ3v) is 11.7. The van der Waals surface area contributed by atoms with Gasteiger partial charge in [-0.05, 0) is 92.5 Å². The van der Waals surface area contributed by atoms with Crippen LogP contribution >= 0.6 is 0 Å². The molecule has 10 aromatic carbocycles. The van der Waals surface area contributed by atoms with Gasteiger partial charge in [-0.3, -0.25) is 0 Å². The van der Waals surface area contributed by atoms with E-state index in [1.165, 1.54) is 48.6 Å². The molecule has 0 N–H and O–H groups in total. The van der Waals surface area contributed by atoms with Crippen molar-refractivity contribution >= 4 is 93.1 Å². The van der Waals surface area contributed by atoms with Gasteiger partial charge in [0.05, 0.1) is 27.8 Å². The van der Waals surface area contributed by atoms with Gasteiger partial charge in [-0.15, -0.1) is 0 Å². The molecule has 2 heterocycles. The summed E-state index contributed by atoms with van der Waals surface area (Å²) < 4.78 is 9.40. The van der Waals surface area contributed by atoms with Crippen molar-refractivity contribution < 1.29 is 4.42 Å². The molecule has 0 fully saturated rings. The Labute approximate surface area is 328 Å². The van der Waals surface area contributed by atoms with Crippen molar-refractivity contribution in [3.63, 3.8) is 0 Å². The van der Waals surface area contributed by atoms with Crippen LogP contribution in [-0.2, 0) is 0 Å². The van der Waals surface area contributed by atoms with Crippen molar-refractivity contribution in [2.45, 2.75) is 0 Å². The fraction of sp³-hybridized carbons (Fsp3) is 0. The monoisotopic (exact) mass is 726 g/mol. The SMILES string of the molecule is c1ccc(-n2c3ccccc3c3cccc(N(c4ccc5ccc6ccccc6c5c4)c4ccc(-c5cccc6ccccc56)c5oc6ccccc6c45)c32)cc1. The maximum Gasteiger partial charge on any atom is 0.145 e. The van der Waals surface area contributed by atoms with Gasteiger partial charge in [-0.2, -0.15) is 0 Å². The standard InChI is InChI=1S/C54H34N2O/c1-2-17-38(18-3-1)56-48-25-10-8-21-43(48)44-24-13-26-50(53(44)56)55(39-31-30-37-29-28-36-15-5-7-20-41(36)47(37)34-39)49-33-32-45(42-23-12-16-35-14-4-6-19-40(35)42)54-52(49)46-22-9-11-27-51(46)57-54/h1-34H.